The van der Waals surface area contributed by atoms with Crippen molar-refractivity contribution in [1.82, 2.24) is 5.32 Å². The Morgan fingerprint density at radius 1 is 1.43 bits per heavy atom. The first-order chi connectivity index (χ1) is 9.58. The van der Waals surface area contributed by atoms with E-state index in [2.05, 4.69) is 5.32 Å². The average molecular weight is 331 g/mol. The van der Waals surface area contributed by atoms with Crippen LogP contribution in [0.3, 0.4) is 0 Å². The zero-order valence-corrected chi connectivity index (χ0v) is 13.6. The highest BCUT2D eigenvalue weighted by molar-refractivity contribution is 6.31. The van der Waals surface area contributed by atoms with Crippen LogP contribution in [-0.4, -0.2) is 22.5 Å². The Morgan fingerprint density at radius 3 is 2.48 bits per heavy atom. The predicted octanol–water partition coefficient (Wildman–Crippen LogP) is 2.29. The molecule has 0 bridgehead atoms. The summed E-state index contributed by atoms with van der Waals surface area (Å²) >= 11 is 11.1. The number of carboxylic acid groups (broad SMARTS) is 1. The lowest BCUT2D eigenvalue weighted by Gasteiger charge is -2.25. The van der Waals surface area contributed by atoms with E-state index in [0.717, 1.165) is 0 Å². The molecule has 2 N–H and O–H groups in total. The number of carbonyl (C=O) groups is 2. The first kappa shape index (κ1) is 16.1. The molecule has 4 nitrogen and oxygen atoms in total. The lowest BCUT2D eigenvalue weighted by Crippen LogP contribution is -2.47. The van der Waals surface area contributed by atoms with Gasteiger partial charge in [0.05, 0.1) is 11.3 Å². The van der Waals surface area contributed by atoms with Gasteiger partial charge in [-0.1, -0.05) is 17.7 Å². The molecule has 2 atom stereocenters. The monoisotopic (exact) mass is 330 g/mol. The maximum absolute atomic E-state index is 12.6. The number of benzene rings is 1. The molecule has 21 heavy (non-hydrogen) atoms. The highest BCUT2D eigenvalue weighted by Gasteiger charge is 2.65. The largest absolute Gasteiger partial charge is 0.481 e. The molecule has 0 spiro atoms. The fourth-order valence-electron chi connectivity index (χ4n) is 2.49. The molecular weight excluding hydrogens is 313 g/mol. The van der Waals surface area contributed by atoms with Crippen LogP contribution in [0.25, 0.3) is 0 Å². The van der Waals surface area contributed by atoms with Gasteiger partial charge in [-0.25, -0.2) is 0 Å². The number of carboxylic acids is 1. The first-order valence-electron chi connectivity index (χ1n) is 6.60. The summed E-state index contributed by atoms with van der Waals surface area (Å²) in [5.74, 6) is -1.99. The van der Waals surface area contributed by atoms with E-state index in [-0.39, 0.29) is 12.3 Å². The molecule has 6 heteroatoms. The predicted molar refractivity (Wildman–Crippen MR) is 77.3 cm³/mol. The van der Waals surface area contributed by atoms with Crippen molar-refractivity contribution in [3.05, 3.63) is 33.8 Å². The summed E-state index contributed by atoms with van der Waals surface area (Å²) in [6.07, 6.45) is 0.275. The number of halogens is 2. The summed E-state index contributed by atoms with van der Waals surface area (Å²) in [6, 6.07) is 4.94. The molecule has 0 radical (unpaired) electrons. The number of aliphatic carboxylic acids is 1. The van der Waals surface area contributed by atoms with Crippen molar-refractivity contribution in [1.29, 1.82) is 0 Å². The molecule has 1 aliphatic rings. The van der Waals surface area contributed by atoms with E-state index in [1.807, 2.05) is 20.8 Å². The van der Waals surface area contributed by atoms with Gasteiger partial charge in [0.15, 0.2) is 11.6 Å². The first-order valence-corrected chi connectivity index (χ1v) is 7.39. The standard InChI is InChI=1S/C15H17Cl2NO3/c1-14(2,3)18-13(21)15(7-9(15)12(19)20)8-4-5-10(16)11(17)6-8/h4-6,9,16H,7H2,1-3H3,(H-,18,19,20,21)/p+1. The molecule has 1 fully saturated rings. The van der Waals surface area contributed by atoms with Crippen LogP contribution < -0.4 is 5.32 Å². The van der Waals surface area contributed by atoms with E-state index in [4.69, 9.17) is 23.2 Å². The lowest BCUT2D eigenvalue weighted by atomic mass is 9.91. The molecule has 0 saturated heterocycles. The van der Waals surface area contributed by atoms with Crippen LogP contribution in [0.15, 0.2) is 18.2 Å². The Hall–Kier alpha value is -1.26. The van der Waals surface area contributed by atoms with E-state index < -0.39 is 22.8 Å². The van der Waals surface area contributed by atoms with E-state index in [0.29, 0.717) is 15.6 Å². The van der Waals surface area contributed by atoms with Crippen molar-refractivity contribution in [2.45, 2.75) is 38.1 Å². The van der Waals surface area contributed by atoms with Gasteiger partial charge in [0.1, 0.15) is 5.02 Å². The van der Waals surface area contributed by atoms with Crippen LogP contribution in [0.2, 0.25) is 10.0 Å². The molecule has 0 aliphatic heterocycles. The van der Waals surface area contributed by atoms with Crippen molar-refractivity contribution < 1.29 is 26.3 Å². The lowest BCUT2D eigenvalue weighted by molar-refractivity contribution is -0.288. The van der Waals surface area contributed by atoms with Gasteiger partial charge in [-0.05, 0) is 38.8 Å². The van der Waals surface area contributed by atoms with Crippen LogP contribution in [0, 0.1) is 17.5 Å². The zero-order valence-electron chi connectivity index (χ0n) is 12.1. The van der Waals surface area contributed by atoms with Gasteiger partial charge < -0.3 is 10.4 Å². The summed E-state index contributed by atoms with van der Waals surface area (Å²) in [4.78, 5) is 23.9. The van der Waals surface area contributed by atoms with Crippen LogP contribution in [-0.2, 0) is 15.0 Å². The molecule has 1 aromatic rings. The van der Waals surface area contributed by atoms with Gasteiger partial charge in [-0.15, -0.1) is 0 Å². The second-order valence-corrected chi connectivity index (χ2v) is 7.26. The van der Waals surface area contributed by atoms with Crippen LogP contribution in [0.5, 0.6) is 0 Å². The molecule has 1 aliphatic carbocycles. The summed E-state index contributed by atoms with van der Waals surface area (Å²) in [6.45, 7) is 5.57. The maximum Gasteiger partial charge on any atom is 0.307 e. The van der Waals surface area contributed by atoms with Crippen molar-refractivity contribution in [3.63, 3.8) is 0 Å². The van der Waals surface area contributed by atoms with Gasteiger partial charge >= 0.3 is 5.97 Å². The van der Waals surface area contributed by atoms with E-state index >= 15 is 0 Å². The highest BCUT2D eigenvalue weighted by atomic mass is 35.5. The number of nitrogens with one attached hydrogen (secondary N) is 1. The second-order valence-electron chi connectivity index (χ2n) is 6.42. The minimum absolute atomic E-state index is 0.275. The van der Waals surface area contributed by atoms with Crippen LogP contribution >= 0.6 is 11.6 Å². The SMILES string of the molecule is CC(C)(C)NC(=O)C1(c2ccc([ClH+])c(Cl)c2)CC1C(=O)O. The number of rotatable bonds is 3. The van der Waals surface area contributed by atoms with Crippen molar-refractivity contribution in [2.24, 2.45) is 5.92 Å². The fourth-order valence-corrected chi connectivity index (χ4v) is 2.80. The molecule has 0 aromatic heterocycles. The minimum Gasteiger partial charge on any atom is -0.481 e. The van der Waals surface area contributed by atoms with Gasteiger partial charge in [-0.3, -0.25) is 9.59 Å². The smallest absolute Gasteiger partial charge is 0.307 e. The molecular formula is C15H18Cl2NO3+. The number of hydrogen-bond donors (Lipinski definition) is 2. The molecule has 1 aromatic carbocycles. The van der Waals surface area contributed by atoms with E-state index in [9.17, 15) is 14.7 Å². The third-order valence-electron chi connectivity index (χ3n) is 3.60. The molecule has 114 valence electrons. The second kappa shape index (κ2) is 5.18. The number of amides is 1. The number of hydrogen-bond acceptors (Lipinski definition) is 2. The third-order valence-corrected chi connectivity index (χ3v) is 4.38. The quantitative estimate of drug-likeness (QED) is 0.893. The molecule has 1 saturated carbocycles. The fraction of sp³-hybridized carbons (Fsp3) is 0.467. The van der Waals surface area contributed by atoms with Gasteiger partial charge in [-0.2, -0.15) is 0 Å². The normalized spacial score (nSPS) is 24.5. The zero-order chi connectivity index (χ0) is 16.0. The van der Waals surface area contributed by atoms with Gasteiger partial charge in [0, 0.05) is 11.6 Å². The molecule has 0 heterocycles. The van der Waals surface area contributed by atoms with Crippen molar-refractivity contribution in [2.75, 3.05) is 0 Å². The molecule has 1 amide bonds. The van der Waals surface area contributed by atoms with Crippen LogP contribution in [0.4, 0.5) is 0 Å². The summed E-state index contributed by atoms with van der Waals surface area (Å²) in [7, 11) is 0. The topological polar surface area (TPSA) is 66.4 Å². The molecule has 2 unspecified atom stereocenters. The molecule has 2 rings (SSSR count). The van der Waals surface area contributed by atoms with Crippen molar-refractivity contribution in [3.8, 4) is 0 Å². The summed E-state index contributed by atoms with van der Waals surface area (Å²) < 4.78 is 0. The Morgan fingerprint density at radius 2 is 2.05 bits per heavy atom. The number of carbonyl (C=O) groups excluding carboxylic acids is 1. The van der Waals surface area contributed by atoms with Gasteiger partial charge in [0.25, 0.3) is 0 Å². The van der Waals surface area contributed by atoms with Gasteiger partial charge in [0.2, 0.25) is 10.9 Å². The minimum atomic E-state index is -1.05. The Labute approximate surface area is 133 Å². The highest BCUT2D eigenvalue weighted by Crippen LogP contribution is 2.55. The van der Waals surface area contributed by atoms with E-state index in [1.165, 1.54) is 0 Å². The van der Waals surface area contributed by atoms with Crippen molar-refractivity contribution >= 4 is 23.5 Å². The third kappa shape index (κ3) is 3.01. The average Bonchev–Trinajstić information content (AvgIpc) is 3.07. The summed E-state index contributed by atoms with van der Waals surface area (Å²) in [5, 5.41) is 13.0. The Kier molecular flexibility index (Phi) is 3.98. The Bertz CT molecular complexity index is 609. The van der Waals surface area contributed by atoms with Crippen LogP contribution in [0.1, 0.15) is 32.8 Å². The maximum atomic E-state index is 12.6. The Balaban J connectivity index is 2.42. The summed E-state index contributed by atoms with van der Waals surface area (Å²) in [5.41, 5.74) is -0.876. The van der Waals surface area contributed by atoms with E-state index in [1.54, 1.807) is 18.2 Å².